The number of fused-ring (bicyclic) bond motifs is 1. The molecule has 0 radical (unpaired) electrons. The molecule has 0 unspecified atom stereocenters. The highest BCUT2D eigenvalue weighted by molar-refractivity contribution is 7.91. The number of hydrogen-bond donors (Lipinski definition) is 2. The van der Waals surface area contributed by atoms with Crippen LogP contribution in [0.15, 0.2) is 35.2 Å². The molecule has 2 aromatic carbocycles. The summed E-state index contributed by atoms with van der Waals surface area (Å²) < 4.78 is 68.5. The molecule has 1 aliphatic rings. The highest BCUT2D eigenvalue weighted by Gasteiger charge is 2.35. The van der Waals surface area contributed by atoms with Gasteiger partial charge in [-0.15, -0.1) is 0 Å². The smallest absolute Gasteiger partial charge is 0.341 e. The second-order valence-electron chi connectivity index (χ2n) is 5.65. The van der Waals surface area contributed by atoms with Gasteiger partial charge in [0.1, 0.15) is 17.3 Å². The summed E-state index contributed by atoms with van der Waals surface area (Å²) in [5.41, 5.74) is -0.592. The summed E-state index contributed by atoms with van der Waals surface area (Å²) in [7, 11) is -4.98. The van der Waals surface area contributed by atoms with E-state index in [1.54, 1.807) is 0 Å². The van der Waals surface area contributed by atoms with E-state index in [1.165, 1.54) is 0 Å². The quantitative estimate of drug-likeness (QED) is 0.791. The van der Waals surface area contributed by atoms with Crippen molar-refractivity contribution in [3.05, 3.63) is 47.3 Å². The molecule has 7 nitrogen and oxygen atoms in total. The zero-order valence-corrected chi connectivity index (χ0v) is 14.2. The molecular weight excluding hydrogens is 391 g/mol. The van der Waals surface area contributed by atoms with Gasteiger partial charge >= 0.3 is 11.7 Å². The Labute approximate surface area is 151 Å². The summed E-state index contributed by atoms with van der Waals surface area (Å²) in [4.78, 5) is 10.2. The van der Waals surface area contributed by atoms with Crippen LogP contribution in [-0.4, -0.2) is 37.0 Å². The van der Waals surface area contributed by atoms with Gasteiger partial charge in [0.05, 0.1) is 16.1 Å². The van der Waals surface area contributed by atoms with Crippen LogP contribution < -0.4 is 9.80 Å². The number of anilines is 1. The first-order valence-corrected chi connectivity index (χ1v) is 9.02. The SMILES string of the molecule is O=C(O)c1cc(F)cc(Oc2ccc(S(=O)(=O)C(F)F)c3c2CCN3O)c1. The van der Waals surface area contributed by atoms with Crippen molar-refractivity contribution >= 4 is 21.5 Å². The van der Waals surface area contributed by atoms with E-state index in [2.05, 4.69) is 0 Å². The number of rotatable bonds is 5. The standard InChI is InChI=1S/C16H12F3NO6S/c17-9-5-8(15(21)22)6-10(7-9)26-12-1-2-13(27(24,25)16(18)19)14-11(12)3-4-20(14)23/h1-2,5-7,16,23H,3-4H2,(H,21,22). The minimum atomic E-state index is -4.98. The van der Waals surface area contributed by atoms with Crippen LogP contribution in [0.2, 0.25) is 0 Å². The number of halogens is 3. The molecule has 0 atom stereocenters. The number of hydroxylamine groups is 1. The first kappa shape index (κ1) is 19.0. The maximum absolute atomic E-state index is 13.6. The number of nitrogens with zero attached hydrogens (tertiary/aromatic N) is 1. The van der Waals surface area contributed by atoms with Gasteiger partial charge in [0.2, 0.25) is 9.84 Å². The minimum absolute atomic E-state index is 0.0169. The lowest BCUT2D eigenvalue weighted by molar-refractivity contribution is 0.0696. The maximum atomic E-state index is 13.6. The van der Waals surface area contributed by atoms with Crippen molar-refractivity contribution < 1.29 is 41.4 Å². The van der Waals surface area contributed by atoms with Crippen LogP contribution in [0.1, 0.15) is 15.9 Å². The summed E-state index contributed by atoms with van der Waals surface area (Å²) >= 11 is 0. The predicted molar refractivity (Wildman–Crippen MR) is 85.9 cm³/mol. The van der Waals surface area contributed by atoms with Gasteiger partial charge in [-0.25, -0.2) is 17.6 Å². The van der Waals surface area contributed by atoms with Gasteiger partial charge in [0.25, 0.3) is 0 Å². The number of carboxylic acid groups (broad SMARTS) is 1. The van der Waals surface area contributed by atoms with Gasteiger partial charge in [-0.1, -0.05) is 0 Å². The third-order valence-corrected chi connectivity index (χ3v) is 5.33. The molecule has 11 heteroatoms. The lowest BCUT2D eigenvalue weighted by atomic mass is 10.1. The lowest BCUT2D eigenvalue weighted by Crippen LogP contribution is -2.19. The molecular formula is C16H12F3NO6S. The molecule has 0 fully saturated rings. The van der Waals surface area contributed by atoms with Crippen LogP contribution in [0.25, 0.3) is 0 Å². The van der Waals surface area contributed by atoms with Gasteiger partial charge in [-0.2, -0.15) is 8.78 Å². The fraction of sp³-hybridized carbons (Fsp3) is 0.188. The second kappa shape index (κ2) is 6.74. The van der Waals surface area contributed by atoms with E-state index in [0.29, 0.717) is 5.06 Å². The summed E-state index contributed by atoms with van der Waals surface area (Å²) in [6.45, 7) is -0.0645. The molecule has 0 spiro atoms. The van der Waals surface area contributed by atoms with Crippen molar-refractivity contribution in [2.45, 2.75) is 17.1 Å². The van der Waals surface area contributed by atoms with Crippen molar-refractivity contribution in [1.82, 2.24) is 0 Å². The Bertz CT molecular complexity index is 1030. The van der Waals surface area contributed by atoms with E-state index >= 15 is 0 Å². The molecule has 0 bridgehead atoms. The molecule has 0 saturated carbocycles. The molecule has 0 amide bonds. The third kappa shape index (κ3) is 3.43. The summed E-state index contributed by atoms with van der Waals surface area (Å²) in [6, 6.07) is 4.69. The predicted octanol–water partition coefficient (Wildman–Crippen LogP) is 3.06. The van der Waals surface area contributed by atoms with Gasteiger partial charge in [0.15, 0.2) is 0 Å². The monoisotopic (exact) mass is 403 g/mol. The molecule has 2 aromatic rings. The summed E-state index contributed by atoms with van der Waals surface area (Å²) in [5, 5.41) is 19.4. The van der Waals surface area contributed by atoms with Crippen LogP contribution in [0, 0.1) is 5.82 Å². The zero-order valence-electron chi connectivity index (χ0n) is 13.4. The van der Waals surface area contributed by atoms with Crippen molar-refractivity contribution in [2.24, 2.45) is 0 Å². The number of alkyl halides is 2. The number of carbonyl (C=O) groups is 1. The van der Waals surface area contributed by atoms with Crippen LogP contribution in [0.3, 0.4) is 0 Å². The van der Waals surface area contributed by atoms with Gasteiger partial charge < -0.3 is 9.84 Å². The Kier molecular flexibility index (Phi) is 4.74. The molecule has 27 heavy (non-hydrogen) atoms. The Morgan fingerprint density at radius 3 is 2.56 bits per heavy atom. The number of aromatic carboxylic acids is 1. The molecule has 3 rings (SSSR count). The zero-order chi connectivity index (χ0) is 19.9. The normalized spacial score (nSPS) is 13.7. The Morgan fingerprint density at radius 2 is 1.93 bits per heavy atom. The van der Waals surface area contributed by atoms with E-state index < -0.39 is 32.3 Å². The van der Waals surface area contributed by atoms with Crippen LogP contribution in [-0.2, 0) is 16.3 Å². The fourth-order valence-corrected chi connectivity index (χ4v) is 3.69. The van der Waals surface area contributed by atoms with E-state index in [-0.39, 0.29) is 41.3 Å². The Balaban J connectivity index is 2.09. The molecule has 0 saturated heterocycles. The van der Waals surface area contributed by atoms with Crippen LogP contribution in [0.5, 0.6) is 11.5 Å². The second-order valence-corrected chi connectivity index (χ2v) is 7.54. The molecule has 2 N–H and O–H groups in total. The van der Waals surface area contributed by atoms with E-state index in [1.807, 2.05) is 0 Å². The number of benzene rings is 2. The van der Waals surface area contributed by atoms with Crippen molar-refractivity contribution in [2.75, 3.05) is 11.6 Å². The average molecular weight is 403 g/mol. The molecule has 0 aliphatic carbocycles. The van der Waals surface area contributed by atoms with E-state index in [9.17, 15) is 31.6 Å². The van der Waals surface area contributed by atoms with Crippen LogP contribution in [0.4, 0.5) is 18.9 Å². The summed E-state index contributed by atoms with van der Waals surface area (Å²) in [5.74, 6) is -6.14. The largest absolute Gasteiger partial charge is 0.478 e. The maximum Gasteiger partial charge on any atom is 0.341 e. The Morgan fingerprint density at radius 1 is 1.22 bits per heavy atom. The highest BCUT2D eigenvalue weighted by Crippen LogP contribution is 2.42. The fourth-order valence-electron chi connectivity index (χ4n) is 2.74. The van der Waals surface area contributed by atoms with Crippen LogP contribution >= 0.6 is 0 Å². The molecule has 1 heterocycles. The summed E-state index contributed by atoms with van der Waals surface area (Å²) in [6.07, 6.45) is 0.0782. The van der Waals surface area contributed by atoms with Crippen molar-refractivity contribution in [1.29, 1.82) is 0 Å². The molecule has 1 aliphatic heterocycles. The number of hydrogen-bond acceptors (Lipinski definition) is 6. The number of sulfone groups is 1. The Hall–Kier alpha value is -2.79. The molecule has 144 valence electrons. The van der Waals surface area contributed by atoms with Crippen molar-refractivity contribution in [3.63, 3.8) is 0 Å². The van der Waals surface area contributed by atoms with E-state index in [0.717, 1.165) is 30.3 Å². The average Bonchev–Trinajstić information content (AvgIpc) is 2.96. The van der Waals surface area contributed by atoms with Gasteiger partial charge in [-0.05, 0) is 30.7 Å². The minimum Gasteiger partial charge on any atom is -0.478 e. The first-order valence-electron chi connectivity index (χ1n) is 7.47. The van der Waals surface area contributed by atoms with E-state index in [4.69, 9.17) is 9.84 Å². The topological polar surface area (TPSA) is 104 Å². The van der Waals surface area contributed by atoms with Crippen molar-refractivity contribution in [3.8, 4) is 11.5 Å². The van der Waals surface area contributed by atoms with Gasteiger partial charge in [0, 0.05) is 18.2 Å². The lowest BCUT2D eigenvalue weighted by Gasteiger charge is -2.17. The molecule has 0 aromatic heterocycles. The third-order valence-electron chi connectivity index (χ3n) is 3.92. The van der Waals surface area contributed by atoms with Gasteiger partial charge in [-0.3, -0.25) is 10.3 Å². The number of ether oxygens (including phenoxy) is 1. The highest BCUT2D eigenvalue weighted by atomic mass is 32.2. The number of carboxylic acids is 1. The first-order chi connectivity index (χ1) is 12.6.